The Morgan fingerprint density at radius 1 is 1.38 bits per heavy atom. The molecule has 0 fully saturated rings. The molecule has 0 aliphatic carbocycles. The van der Waals surface area contributed by atoms with Gasteiger partial charge in [-0.05, 0) is 18.7 Å². The molecule has 2 rings (SSSR count). The molecule has 0 atom stereocenters. The number of hydrogen-bond donors (Lipinski definition) is 2. The predicted molar refractivity (Wildman–Crippen MR) is 61.4 cm³/mol. The minimum Gasteiger partial charge on any atom is -0.341 e. The fourth-order valence-electron chi connectivity index (χ4n) is 1.51. The Morgan fingerprint density at radius 2 is 2.19 bits per heavy atom. The van der Waals surface area contributed by atoms with Gasteiger partial charge in [-0.2, -0.15) is 0 Å². The molecule has 0 radical (unpaired) electrons. The third-order valence-electron chi connectivity index (χ3n) is 2.33. The second kappa shape index (κ2) is 4.90. The van der Waals surface area contributed by atoms with E-state index in [1.54, 1.807) is 18.3 Å². The van der Waals surface area contributed by atoms with Crippen molar-refractivity contribution in [3.05, 3.63) is 42.1 Å². The molecule has 0 aliphatic rings. The fourth-order valence-corrected chi connectivity index (χ4v) is 1.51. The van der Waals surface area contributed by atoms with Gasteiger partial charge >= 0.3 is 0 Å². The number of aromatic nitrogens is 2. The van der Waals surface area contributed by atoms with Gasteiger partial charge in [0.25, 0.3) is 0 Å². The molecule has 0 saturated heterocycles. The van der Waals surface area contributed by atoms with E-state index in [0.29, 0.717) is 17.8 Å². The van der Waals surface area contributed by atoms with Crippen molar-refractivity contribution >= 4 is 0 Å². The van der Waals surface area contributed by atoms with Crippen molar-refractivity contribution in [3.63, 3.8) is 0 Å². The smallest absolute Gasteiger partial charge is 0.132 e. The highest BCUT2D eigenvalue weighted by Gasteiger charge is 2.06. The standard InChI is InChI=1S/C12H14FN3/c1-2-14-8-12-15-7-11(16-12)9-5-3-4-6-10(9)13/h3-7,14H,2,8H2,1H3,(H,15,16). The summed E-state index contributed by atoms with van der Waals surface area (Å²) in [4.78, 5) is 7.28. The van der Waals surface area contributed by atoms with E-state index in [-0.39, 0.29) is 5.82 Å². The van der Waals surface area contributed by atoms with Gasteiger partial charge in [0.15, 0.2) is 0 Å². The van der Waals surface area contributed by atoms with Crippen molar-refractivity contribution < 1.29 is 4.39 Å². The fraction of sp³-hybridized carbons (Fsp3) is 0.250. The maximum absolute atomic E-state index is 13.5. The third-order valence-corrected chi connectivity index (χ3v) is 2.33. The molecule has 0 unspecified atom stereocenters. The molecule has 2 aromatic rings. The first-order valence-corrected chi connectivity index (χ1v) is 5.30. The van der Waals surface area contributed by atoms with E-state index in [1.807, 2.05) is 13.0 Å². The number of imidazole rings is 1. The van der Waals surface area contributed by atoms with Gasteiger partial charge < -0.3 is 10.3 Å². The van der Waals surface area contributed by atoms with Crippen molar-refractivity contribution in [1.29, 1.82) is 0 Å². The van der Waals surface area contributed by atoms with E-state index in [2.05, 4.69) is 15.3 Å². The Morgan fingerprint density at radius 3 is 2.94 bits per heavy atom. The maximum atomic E-state index is 13.5. The molecular formula is C12H14FN3. The summed E-state index contributed by atoms with van der Waals surface area (Å²) in [5.74, 6) is 0.584. The zero-order valence-corrected chi connectivity index (χ0v) is 9.13. The lowest BCUT2D eigenvalue weighted by Crippen LogP contribution is -2.12. The number of halogens is 1. The lowest BCUT2D eigenvalue weighted by molar-refractivity contribution is 0.630. The Labute approximate surface area is 93.7 Å². The van der Waals surface area contributed by atoms with Gasteiger partial charge in [-0.25, -0.2) is 9.37 Å². The van der Waals surface area contributed by atoms with Crippen LogP contribution < -0.4 is 5.32 Å². The SMILES string of the molecule is CCNCc1ncc(-c2ccccc2F)[nH]1. The van der Waals surface area contributed by atoms with Crippen molar-refractivity contribution in [3.8, 4) is 11.3 Å². The Hall–Kier alpha value is -1.68. The molecule has 1 heterocycles. The molecule has 1 aromatic heterocycles. The van der Waals surface area contributed by atoms with Gasteiger partial charge in [-0.15, -0.1) is 0 Å². The minimum atomic E-state index is -0.235. The molecule has 4 heteroatoms. The summed E-state index contributed by atoms with van der Waals surface area (Å²) in [7, 11) is 0. The van der Waals surface area contributed by atoms with Crippen molar-refractivity contribution in [1.82, 2.24) is 15.3 Å². The average Bonchev–Trinajstić information content (AvgIpc) is 2.75. The Kier molecular flexibility index (Phi) is 3.31. The zero-order chi connectivity index (χ0) is 11.4. The van der Waals surface area contributed by atoms with Crippen LogP contribution in [0.15, 0.2) is 30.5 Å². The lowest BCUT2D eigenvalue weighted by Gasteiger charge is -1.99. The molecule has 84 valence electrons. The quantitative estimate of drug-likeness (QED) is 0.828. The van der Waals surface area contributed by atoms with Crippen LogP contribution in [0, 0.1) is 5.82 Å². The summed E-state index contributed by atoms with van der Waals surface area (Å²) in [5, 5.41) is 3.16. The van der Waals surface area contributed by atoms with Crippen LogP contribution in [0.4, 0.5) is 4.39 Å². The number of aromatic amines is 1. The molecule has 3 nitrogen and oxygen atoms in total. The summed E-state index contributed by atoms with van der Waals surface area (Å²) in [6.07, 6.45) is 1.66. The van der Waals surface area contributed by atoms with Crippen molar-refractivity contribution in [2.45, 2.75) is 13.5 Å². The minimum absolute atomic E-state index is 0.235. The van der Waals surface area contributed by atoms with Crippen LogP contribution in [-0.2, 0) is 6.54 Å². The highest BCUT2D eigenvalue weighted by molar-refractivity contribution is 5.59. The number of hydrogen-bond acceptors (Lipinski definition) is 2. The predicted octanol–water partition coefficient (Wildman–Crippen LogP) is 2.33. The second-order valence-electron chi connectivity index (χ2n) is 3.50. The molecule has 2 N–H and O–H groups in total. The first-order chi connectivity index (χ1) is 7.81. The number of H-pyrrole nitrogens is 1. The van der Waals surface area contributed by atoms with Crippen LogP contribution >= 0.6 is 0 Å². The molecule has 16 heavy (non-hydrogen) atoms. The maximum Gasteiger partial charge on any atom is 0.132 e. The first kappa shape index (κ1) is 10.8. The van der Waals surface area contributed by atoms with E-state index < -0.39 is 0 Å². The van der Waals surface area contributed by atoms with Gasteiger partial charge in [0.05, 0.1) is 18.4 Å². The molecule has 0 aliphatic heterocycles. The summed E-state index contributed by atoms with van der Waals surface area (Å²) >= 11 is 0. The average molecular weight is 219 g/mol. The van der Waals surface area contributed by atoms with E-state index in [0.717, 1.165) is 12.4 Å². The van der Waals surface area contributed by atoms with Gasteiger partial charge in [0.1, 0.15) is 11.6 Å². The molecule has 0 saturated carbocycles. The molecule has 0 spiro atoms. The molecule has 0 bridgehead atoms. The van der Waals surface area contributed by atoms with Crippen LogP contribution in [0.2, 0.25) is 0 Å². The first-order valence-electron chi connectivity index (χ1n) is 5.30. The second-order valence-corrected chi connectivity index (χ2v) is 3.50. The topological polar surface area (TPSA) is 40.7 Å². The zero-order valence-electron chi connectivity index (χ0n) is 9.13. The van der Waals surface area contributed by atoms with Crippen LogP contribution in [0.25, 0.3) is 11.3 Å². The highest BCUT2D eigenvalue weighted by Crippen LogP contribution is 2.20. The van der Waals surface area contributed by atoms with E-state index >= 15 is 0 Å². The lowest BCUT2D eigenvalue weighted by atomic mass is 10.1. The summed E-state index contributed by atoms with van der Waals surface area (Å²) in [6, 6.07) is 6.66. The highest BCUT2D eigenvalue weighted by atomic mass is 19.1. The van der Waals surface area contributed by atoms with E-state index in [4.69, 9.17) is 0 Å². The third kappa shape index (κ3) is 2.28. The van der Waals surface area contributed by atoms with Gasteiger partial charge in [0.2, 0.25) is 0 Å². The van der Waals surface area contributed by atoms with Gasteiger partial charge in [-0.1, -0.05) is 19.1 Å². The summed E-state index contributed by atoms with van der Waals surface area (Å²) in [5.41, 5.74) is 1.27. The number of rotatable bonds is 4. The van der Waals surface area contributed by atoms with E-state index in [1.165, 1.54) is 6.07 Å². The van der Waals surface area contributed by atoms with E-state index in [9.17, 15) is 4.39 Å². The van der Waals surface area contributed by atoms with Gasteiger partial charge in [-0.3, -0.25) is 0 Å². The molecular weight excluding hydrogens is 205 g/mol. The Balaban J connectivity index is 2.22. The van der Waals surface area contributed by atoms with Crippen LogP contribution in [0.3, 0.4) is 0 Å². The molecule has 0 amide bonds. The molecule has 1 aromatic carbocycles. The number of nitrogens with zero attached hydrogens (tertiary/aromatic N) is 1. The Bertz CT molecular complexity index is 465. The number of benzene rings is 1. The van der Waals surface area contributed by atoms with Crippen LogP contribution in [-0.4, -0.2) is 16.5 Å². The van der Waals surface area contributed by atoms with Crippen molar-refractivity contribution in [2.75, 3.05) is 6.54 Å². The van der Waals surface area contributed by atoms with Gasteiger partial charge in [0, 0.05) is 5.56 Å². The van der Waals surface area contributed by atoms with Crippen LogP contribution in [0.1, 0.15) is 12.7 Å². The monoisotopic (exact) mass is 219 g/mol. The normalized spacial score (nSPS) is 10.6. The summed E-state index contributed by atoms with van der Waals surface area (Å²) in [6.45, 7) is 3.58. The summed E-state index contributed by atoms with van der Waals surface area (Å²) < 4.78 is 13.5. The van der Waals surface area contributed by atoms with Crippen LogP contribution in [0.5, 0.6) is 0 Å². The number of nitrogens with one attached hydrogen (secondary N) is 2. The van der Waals surface area contributed by atoms with Crippen molar-refractivity contribution in [2.24, 2.45) is 0 Å². The largest absolute Gasteiger partial charge is 0.341 e.